The largest absolute Gasteiger partial charge is 0.292 e. The van der Waals surface area contributed by atoms with Crippen LogP contribution in [0.1, 0.15) is 34.8 Å². The summed E-state index contributed by atoms with van der Waals surface area (Å²) in [6.07, 6.45) is 6.92. The normalized spacial score (nSPS) is 17.2. The molecule has 0 amide bonds. The molecule has 0 bridgehead atoms. The minimum atomic E-state index is 0.843. The third-order valence-corrected chi connectivity index (χ3v) is 6.46. The molecule has 0 N–H and O–H groups in total. The average molecular weight is 362 g/mol. The van der Waals surface area contributed by atoms with Crippen LogP contribution in [0.4, 0.5) is 0 Å². The quantitative estimate of drug-likeness (QED) is 0.659. The summed E-state index contributed by atoms with van der Waals surface area (Å²) in [5, 5.41) is 0. The van der Waals surface area contributed by atoms with Crippen LogP contribution < -0.4 is 0 Å². The van der Waals surface area contributed by atoms with E-state index in [0.717, 1.165) is 44.2 Å². The van der Waals surface area contributed by atoms with Crippen molar-refractivity contribution in [1.82, 2.24) is 14.9 Å². The van der Waals surface area contributed by atoms with Crippen molar-refractivity contribution in [3.05, 3.63) is 70.6 Å². The van der Waals surface area contributed by atoms with Gasteiger partial charge in [0.2, 0.25) is 0 Å². The third-order valence-electron chi connectivity index (χ3n) is 5.34. The lowest BCUT2D eigenvalue weighted by atomic mass is 10.1. The summed E-state index contributed by atoms with van der Waals surface area (Å²) in [6, 6.07) is 15.2. The fraction of sp³-hybridized carbons (Fsp3) is 0.364. The lowest BCUT2D eigenvalue weighted by molar-refractivity contribution is 0.242. The molecule has 1 aliphatic heterocycles. The Morgan fingerprint density at radius 2 is 1.96 bits per heavy atom. The first-order chi connectivity index (χ1) is 12.8. The monoisotopic (exact) mass is 361 g/mol. The van der Waals surface area contributed by atoms with E-state index >= 15 is 0 Å². The number of rotatable bonds is 5. The van der Waals surface area contributed by atoms with Gasteiger partial charge in [-0.15, -0.1) is 11.3 Å². The zero-order chi connectivity index (χ0) is 17.3. The maximum absolute atomic E-state index is 4.89. The van der Waals surface area contributed by atoms with E-state index in [1.54, 1.807) is 0 Å². The molecule has 5 rings (SSSR count). The molecular formula is C22H23N3S. The predicted octanol–water partition coefficient (Wildman–Crippen LogP) is 4.72. The highest BCUT2D eigenvalue weighted by Gasteiger charge is 2.24. The van der Waals surface area contributed by atoms with E-state index in [2.05, 4.69) is 58.5 Å². The van der Waals surface area contributed by atoms with Gasteiger partial charge >= 0.3 is 0 Å². The van der Waals surface area contributed by atoms with E-state index < -0.39 is 0 Å². The molecule has 1 fully saturated rings. The first kappa shape index (κ1) is 16.2. The molecule has 2 aliphatic rings. The van der Waals surface area contributed by atoms with E-state index in [0.29, 0.717) is 0 Å². The molecule has 0 saturated heterocycles. The zero-order valence-electron chi connectivity index (χ0n) is 14.9. The van der Waals surface area contributed by atoms with Crippen LogP contribution in [-0.4, -0.2) is 21.4 Å². The van der Waals surface area contributed by atoms with E-state index in [4.69, 9.17) is 4.98 Å². The Morgan fingerprint density at radius 1 is 1.08 bits per heavy atom. The lowest BCUT2D eigenvalue weighted by Crippen LogP contribution is -2.31. The maximum Gasteiger partial charge on any atom is 0.128 e. The van der Waals surface area contributed by atoms with Gasteiger partial charge in [0.05, 0.1) is 5.69 Å². The van der Waals surface area contributed by atoms with Gasteiger partial charge in [0.1, 0.15) is 5.82 Å². The van der Waals surface area contributed by atoms with Gasteiger partial charge in [-0.3, -0.25) is 4.90 Å². The summed E-state index contributed by atoms with van der Waals surface area (Å²) in [6.45, 7) is 3.06. The molecule has 26 heavy (non-hydrogen) atoms. The van der Waals surface area contributed by atoms with E-state index in [-0.39, 0.29) is 0 Å². The van der Waals surface area contributed by atoms with Crippen molar-refractivity contribution in [2.75, 3.05) is 6.54 Å². The number of hydrogen-bond acceptors (Lipinski definition) is 4. The van der Waals surface area contributed by atoms with Crippen LogP contribution >= 0.6 is 11.3 Å². The lowest BCUT2D eigenvalue weighted by Gasteiger charge is -2.27. The molecule has 4 heteroatoms. The molecule has 0 unspecified atom stereocenters. The molecule has 0 spiro atoms. The Kier molecular flexibility index (Phi) is 4.31. The van der Waals surface area contributed by atoms with Crippen molar-refractivity contribution in [2.45, 2.75) is 38.8 Å². The van der Waals surface area contributed by atoms with Crippen molar-refractivity contribution in [1.29, 1.82) is 0 Å². The summed E-state index contributed by atoms with van der Waals surface area (Å²) in [5.74, 6) is 1.89. The van der Waals surface area contributed by atoms with Crippen LogP contribution in [0.2, 0.25) is 0 Å². The van der Waals surface area contributed by atoms with Crippen molar-refractivity contribution < 1.29 is 0 Å². The fourth-order valence-electron chi connectivity index (χ4n) is 3.65. The average Bonchev–Trinajstić information content (AvgIpc) is 3.37. The Balaban J connectivity index is 1.28. The van der Waals surface area contributed by atoms with Gasteiger partial charge in [0, 0.05) is 42.0 Å². The van der Waals surface area contributed by atoms with Crippen molar-refractivity contribution in [3.8, 4) is 10.4 Å². The highest BCUT2D eigenvalue weighted by Crippen LogP contribution is 2.32. The van der Waals surface area contributed by atoms with Crippen LogP contribution in [0.3, 0.4) is 0 Å². The second-order valence-corrected chi connectivity index (χ2v) is 8.67. The maximum atomic E-state index is 4.89. The summed E-state index contributed by atoms with van der Waals surface area (Å²) < 4.78 is 0. The molecule has 3 heterocycles. The number of nitrogens with zero attached hydrogens (tertiary/aromatic N) is 3. The molecule has 0 atom stereocenters. The number of fused-ring (bicyclic) bond motifs is 1. The third kappa shape index (κ3) is 3.57. The molecule has 1 aliphatic carbocycles. The SMILES string of the molecule is c1ccc(-c2ccc(CN3CCc4cnc(CC5CC5)nc4C3)s2)cc1. The van der Waals surface area contributed by atoms with E-state index in [1.165, 1.54) is 39.4 Å². The zero-order valence-corrected chi connectivity index (χ0v) is 15.7. The van der Waals surface area contributed by atoms with Gasteiger partial charge in [-0.25, -0.2) is 9.97 Å². The smallest absolute Gasteiger partial charge is 0.128 e. The van der Waals surface area contributed by atoms with Gasteiger partial charge in [-0.2, -0.15) is 0 Å². The Labute approximate surface area is 158 Å². The van der Waals surface area contributed by atoms with E-state index in [1.807, 2.05) is 11.3 Å². The topological polar surface area (TPSA) is 29.0 Å². The second kappa shape index (κ2) is 6.93. The van der Waals surface area contributed by atoms with Crippen molar-refractivity contribution >= 4 is 11.3 Å². The standard InChI is InChI=1S/C22H23N3S/c1-2-4-17(5-3-1)21-9-8-19(26-21)14-25-11-10-18-13-23-22(12-16-6-7-16)24-20(18)15-25/h1-5,8-9,13,16H,6-7,10-12,14-15H2. The summed E-state index contributed by atoms with van der Waals surface area (Å²) >= 11 is 1.91. The first-order valence-electron chi connectivity index (χ1n) is 9.53. The molecular weight excluding hydrogens is 338 g/mol. The van der Waals surface area contributed by atoms with Crippen molar-refractivity contribution in [3.63, 3.8) is 0 Å². The second-order valence-electron chi connectivity index (χ2n) is 7.50. The van der Waals surface area contributed by atoms with Crippen LogP contribution in [0.15, 0.2) is 48.7 Å². The van der Waals surface area contributed by atoms with Gasteiger partial charge in [0.15, 0.2) is 0 Å². The molecule has 3 aromatic rings. The van der Waals surface area contributed by atoms with Gasteiger partial charge in [-0.1, -0.05) is 30.3 Å². The summed E-state index contributed by atoms with van der Waals surface area (Å²) in [4.78, 5) is 14.8. The Morgan fingerprint density at radius 3 is 2.81 bits per heavy atom. The highest BCUT2D eigenvalue weighted by molar-refractivity contribution is 7.15. The first-order valence-corrected chi connectivity index (χ1v) is 10.4. The van der Waals surface area contributed by atoms with Gasteiger partial charge in [-0.05, 0) is 48.4 Å². The Bertz CT molecular complexity index is 899. The molecule has 3 nitrogen and oxygen atoms in total. The molecule has 0 radical (unpaired) electrons. The Hall–Kier alpha value is -2.04. The van der Waals surface area contributed by atoms with Gasteiger partial charge < -0.3 is 0 Å². The minimum absolute atomic E-state index is 0.843. The van der Waals surface area contributed by atoms with Crippen LogP contribution in [0.25, 0.3) is 10.4 Å². The van der Waals surface area contributed by atoms with Crippen molar-refractivity contribution in [2.24, 2.45) is 5.92 Å². The molecule has 1 aromatic carbocycles. The molecule has 132 valence electrons. The number of benzene rings is 1. The minimum Gasteiger partial charge on any atom is -0.292 e. The highest BCUT2D eigenvalue weighted by atomic mass is 32.1. The van der Waals surface area contributed by atoms with Crippen LogP contribution in [0, 0.1) is 5.92 Å². The number of hydrogen-bond donors (Lipinski definition) is 0. The summed E-state index contributed by atoms with van der Waals surface area (Å²) in [7, 11) is 0. The fourth-order valence-corrected chi connectivity index (χ4v) is 4.71. The number of thiophene rings is 1. The van der Waals surface area contributed by atoms with Crippen LogP contribution in [-0.2, 0) is 25.9 Å². The molecule has 1 saturated carbocycles. The van der Waals surface area contributed by atoms with Crippen LogP contribution in [0.5, 0.6) is 0 Å². The number of aromatic nitrogens is 2. The van der Waals surface area contributed by atoms with Gasteiger partial charge in [0.25, 0.3) is 0 Å². The predicted molar refractivity (Wildman–Crippen MR) is 106 cm³/mol. The molecule has 2 aromatic heterocycles. The van der Waals surface area contributed by atoms with E-state index in [9.17, 15) is 0 Å². The summed E-state index contributed by atoms with van der Waals surface area (Å²) in [5.41, 5.74) is 3.91.